The predicted molar refractivity (Wildman–Crippen MR) is 34.0 cm³/mol. The monoisotopic (exact) mass is 129 g/mol. The van der Waals surface area contributed by atoms with E-state index in [9.17, 15) is 0 Å². The van der Waals surface area contributed by atoms with Gasteiger partial charge in [0.05, 0.1) is 6.17 Å². The van der Waals surface area contributed by atoms with Gasteiger partial charge < -0.3 is 5.73 Å². The first-order chi connectivity index (χ1) is 4.20. The Balaban J connectivity index is 2.54. The fourth-order valence-corrected chi connectivity index (χ4v) is 0.576. The van der Waals surface area contributed by atoms with Crippen molar-refractivity contribution in [3.8, 4) is 0 Å². The van der Waals surface area contributed by atoms with Crippen molar-refractivity contribution in [2.24, 2.45) is 11.6 Å². The van der Waals surface area contributed by atoms with E-state index in [1.807, 2.05) is 13.1 Å². The van der Waals surface area contributed by atoms with Crippen molar-refractivity contribution in [2.75, 3.05) is 7.05 Å². The van der Waals surface area contributed by atoms with Crippen molar-refractivity contribution in [2.45, 2.75) is 6.17 Å². The molecule has 0 saturated heterocycles. The minimum Gasteiger partial charge on any atom is -0.311 e. The third kappa shape index (κ3) is 1.39. The molecule has 0 spiro atoms. The van der Waals surface area contributed by atoms with Crippen LogP contribution in [0.2, 0.25) is 0 Å². The van der Waals surface area contributed by atoms with E-state index in [-0.39, 0.29) is 6.17 Å². The Hall–Kier alpha value is -0.620. The molecule has 0 saturated carbocycles. The SMILES string of the molecule is CN1C=CC(N)NN1N. The number of hydrogen-bond acceptors (Lipinski definition) is 5. The quantitative estimate of drug-likeness (QED) is 0.341. The molecule has 0 aromatic heterocycles. The molecule has 0 aromatic carbocycles. The lowest BCUT2D eigenvalue weighted by Crippen LogP contribution is -2.59. The van der Waals surface area contributed by atoms with Crippen LogP contribution in [0.1, 0.15) is 0 Å². The number of nitrogens with one attached hydrogen (secondary N) is 1. The van der Waals surface area contributed by atoms with Crippen LogP contribution < -0.4 is 17.0 Å². The summed E-state index contributed by atoms with van der Waals surface area (Å²) >= 11 is 0. The maximum absolute atomic E-state index is 5.44. The van der Waals surface area contributed by atoms with E-state index < -0.39 is 0 Å². The zero-order valence-corrected chi connectivity index (χ0v) is 5.28. The third-order valence-electron chi connectivity index (χ3n) is 1.13. The van der Waals surface area contributed by atoms with Gasteiger partial charge in [-0.25, -0.2) is 11.3 Å². The number of hydrogen-bond donors (Lipinski definition) is 3. The van der Waals surface area contributed by atoms with Crippen molar-refractivity contribution in [3.63, 3.8) is 0 Å². The lowest BCUT2D eigenvalue weighted by atomic mass is 10.5. The Morgan fingerprint density at radius 2 is 2.33 bits per heavy atom. The molecule has 5 nitrogen and oxygen atoms in total. The largest absolute Gasteiger partial charge is 0.311 e. The molecule has 5 N–H and O–H groups in total. The van der Waals surface area contributed by atoms with Crippen LogP contribution in [-0.2, 0) is 0 Å². The van der Waals surface area contributed by atoms with Gasteiger partial charge in [0.15, 0.2) is 0 Å². The van der Waals surface area contributed by atoms with Crippen molar-refractivity contribution in [3.05, 3.63) is 12.3 Å². The fraction of sp³-hybridized carbons (Fsp3) is 0.500. The standard InChI is InChI=1S/C4H11N5/c1-8-3-2-4(5)7-9(8)6/h2-4,7H,5-6H2,1H3. The minimum atomic E-state index is -0.175. The molecule has 0 amide bonds. The Kier molecular flexibility index (Phi) is 1.68. The van der Waals surface area contributed by atoms with Crippen LogP contribution in [0.3, 0.4) is 0 Å². The highest BCUT2D eigenvalue weighted by atomic mass is 15.9. The first-order valence-corrected chi connectivity index (χ1v) is 2.68. The average Bonchev–Trinajstić information content (AvgIpc) is 1.80. The van der Waals surface area contributed by atoms with E-state index in [1.54, 1.807) is 11.2 Å². The summed E-state index contributed by atoms with van der Waals surface area (Å²) in [5.41, 5.74) is 8.20. The van der Waals surface area contributed by atoms with Gasteiger partial charge in [-0.1, -0.05) is 5.23 Å². The molecular weight excluding hydrogens is 118 g/mol. The number of hydrazine groups is 3. The zero-order chi connectivity index (χ0) is 6.85. The molecule has 0 radical (unpaired) electrons. The van der Waals surface area contributed by atoms with Gasteiger partial charge >= 0.3 is 0 Å². The van der Waals surface area contributed by atoms with Crippen molar-refractivity contribution in [1.82, 2.24) is 15.7 Å². The summed E-state index contributed by atoms with van der Waals surface area (Å²) in [4.78, 5) is 0. The van der Waals surface area contributed by atoms with E-state index in [1.165, 1.54) is 5.23 Å². The van der Waals surface area contributed by atoms with Gasteiger partial charge in [0.1, 0.15) is 0 Å². The van der Waals surface area contributed by atoms with Crippen LogP contribution in [0.15, 0.2) is 12.3 Å². The van der Waals surface area contributed by atoms with Gasteiger partial charge in [0.25, 0.3) is 0 Å². The first kappa shape index (κ1) is 6.50. The fourth-order valence-electron chi connectivity index (χ4n) is 0.576. The molecule has 52 valence electrons. The highest BCUT2D eigenvalue weighted by Crippen LogP contribution is 1.92. The molecule has 0 aromatic rings. The molecular formula is C4H11N5. The lowest BCUT2D eigenvalue weighted by Gasteiger charge is -2.32. The van der Waals surface area contributed by atoms with Crippen LogP contribution in [0.25, 0.3) is 0 Å². The summed E-state index contributed by atoms with van der Waals surface area (Å²) in [6.45, 7) is 0. The number of nitrogens with two attached hydrogens (primary N) is 2. The smallest absolute Gasteiger partial charge is 0.0919 e. The highest BCUT2D eigenvalue weighted by molar-refractivity contribution is 4.90. The Morgan fingerprint density at radius 1 is 1.67 bits per heavy atom. The van der Waals surface area contributed by atoms with Crippen LogP contribution >= 0.6 is 0 Å². The van der Waals surface area contributed by atoms with Crippen LogP contribution in [0.5, 0.6) is 0 Å². The van der Waals surface area contributed by atoms with Crippen molar-refractivity contribution < 1.29 is 0 Å². The van der Waals surface area contributed by atoms with Crippen LogP contribution in [0, 0.1) is 0 Å². The summed E-state index contributed by atoms with van der Waals surface area (Å²) in [6.07, 6.45) is 3.43. The molecule has 1 unspecified atom stereocenters. The highest BCUT2D eigenvalue weighted by Gasteiger charge is 2.09. The topological polar surface area (TPSA) is 70.5 Å². The number of nitrogens with zero attached hydrogens (tertiary/aromatic N) is 2. The van der Waals surface area contributed by atoms with E-state index in [2.05, 4.69) is 5.43 Å². The van der Waals surface area contributed by atoms with Gasteiger partial charge in [0, 0.05) is 13.2 Å². The molecule has 0 aliphatic carbocycles. The van der Waals surface area contributed by atoms with Crippen molar-refractivity contribution >= 4 is 0 Å². The van der Waals surface area contributed by atoms with Crippen LogP contribution in [-0.4, -0.2) is 23.4 Å². The average molecular weight is 129 g/mol. The van der Waals surface area contributed by atoms with Gasteiger partial charge in [0.2, 0.25) is 0 Å². The Bertz CT molecular complexity index is 122. The second-order valence-corrected chi connectivity index (χ2v) is 1.91. The second kappa shape index (κ2) is 2.32. The summed E-state index contributed by atoms with van der Waals surface area (Å²) in [7, 11) is 1.81. The summed E-state index contributed by atoms with van der Waals surface area (Å²) < 4.78 is 0. The molecule has 5 heteroatoms. The van der Waals surface area contributed by atoms with Gasteiger partial charge in [-0.3, -0.25) is 5.01 Å². The maximum Gasteiger partial charge on any atom is 0.0919 e. The first-order valence-electron chi connectivity index (χ1n) is 2.68. The normalized spacial score (nSPS) is 29.2. The van der Waals surface area contributed by atoms with Gasteiger partial charge in [-0.05, 0) is 6.08 Å². The Labute approximate surface area is 53.8 Å². The Morgan fingerprint density at radius 3 is 2.78 bits per heavy atom. The molecule has 9 heavy (non-hydrogen) atoms. The van der Waals surface area contributed by atoms with Crippen LogP contribution in [0.4, 0.5) is 0 Å². The molecule has 1 aliphatic rings. The molecule has 1 heterocycles. The minimum absolute atomic E-state index is 0.175. The van der Waals surface area contributed by atoms with E-state index in [0.29, 0.717) is 0 Å². The molecule has 1 aliphatic heterocycles. The maximum atomic E-state index is 5.44. The zero-order valence-electron chi connectivity index (χ0n) is 5.28. The van der Waals surface area contributed by atoms with E-state index in [4.69, 9.17) is 11.6 Å². The summed E-state index contributed by atoms with van der Waals surface area (Å²) in [5, 5.41) is 3.01. The predicted octanol–water partition coefficient (Wildman–Crippen LogP) is -1.67. The molecule has 0 bridgehead atoms. The van der Waals surface area contributed by atoms with Crippen molar-refractivity contribution in [1.29, 1.82) is 0 Å². The second-order valence-electron chi connectivity index (χ2n) is 1.91. The van der Waals surface area contributed by atoms with E-state index >= 15 is 0 Å². The van der Waals surface area contributed by atoms with Gasteiger partial charge in [-0.15, -0.1) is 0 Å². The third-order valence-corrected chi connectivity index (χ3v) is 1.13. The van der Waals surface area contributed by atoms with E-state index in [0.717, 1.165) is 0 Å². The summed E-state index contributed by atoms with van der Waals surface area (Å²) in [6, 6.07) is 0. The molecule has 1 rings (SSSR count). The number of rotatable bonds is 0. The molecule has 1 atom stereocenters. The van der Waals surface area contributed by atoms with Gasteiger partial charge in [-0.2, -0.15) is 0 Å². The summed E-state index contributed by atoms with van der Waals surface area (Å²) in [5.74, 6) is 5.39. The lowest BCUT2D eigenvalue weighted by molar-refractivity contribution is -0.0305. The molecule has 0 fully saturated rings.